The van der Waals surface area contributed by atoms with Crippen molar-refractivity contribution in [3.8, 4) is 6.07 Å². The van der Waals surface area contributed by atoms with Gasteiger partial charge in [-0.3, -0.25) is 0 Å². The molecule has 0 aromatic heterocycles. The maximum Gasteiger partial charge on any atom is 0.0995 e. The summed E-state index contributed by atoms with van der Waals surface area (Å²) in [5.74, 6) is 0. The summed E-state index contributed by atoms with van der Waals surface area (Å²) in [6, 6.07) is 8.64. The summed E-state index contributed by atoms with van der Waals surface area (Å²) in [7, 11) is 0. The highest BCUT2D eigenvalue weighted by atomic mass is 15.0. The average Bonchev–Trinajstić information content (AvgIpc) is 2.02. The Labute approximate surface area is 78.2 Å². The van der Waals surface area contributed by atoms with E-state index in [4.69, 9.17) is 5.26 Å². The molecule has 1 atom stereocenters. The number of hydrogen-bond acceptors (Lipinski definition) is 2. The summed E-state index contributed by atoms with van der Waals surface area (Å²) in [6.45, 7) is 3.13. The van der Waals surface area contributed by atoms with Crippen LogP contribution in [0.5, 0.6) is 0 Å². The van der Waals surface area contributed by atoms with Gasteiger partial charge in [-0.05, 0) is 31.5 Å². The second-order valence-corrected chi connectivity index (χ2v) is 3.50. The van der Waals surface area contributed by atoms with Gasteiger partial charge in [0.25, 0.3) is 0 Å². The van der Waals surface area contributed by atoms with E-state index in [0.29, 0.717) is 6.04 Å². The molecule has 1 N–H and O–H groups in total. The molecule has 1 aromatic rings. The fraction of sp³-hybridized carbons (Fsp3) is 0.364. The molecule has 1 unspecified atom stereocenters. The molecule has 1 fully saturated rings. The average molecular weight is 172 g/mol. The first-order valence-corrected chi connectivity index (χ1v) is 4.55. The molecule has 0 bridgehead atoms. The van der Waals surface area contributed by atoms with Crippen LogP contribution in [0.3, 0.4) is 0 Å². The predicted molar refractivity (Wildman–Crippen MR) is 51.3 cm³/mol. The van der Waals surface area contributed by atoms with Gasteiger partial charge in [-0.15, -0.1) is 0 Å². The number of nitriles is 1. The van der Waals surface area contributed by atoms with Crippen LogP contribution in [0.2, 0.25) is 0 Å². The maximum atomic E-state index is 8.90. The Kier molecular flexibility index (Phi) is 2.03. The number of hydrogen-bond donors (Lipinski definition) is 1. The van der Waals surface area contributed by atoms with Gasteiger partial charge in [0.05, 0.1) is 11.6 Å². The molecule has 0 saturated carbocycles. The number of nitrogens with one attached hydrogen (secondary N) is 1. The minimum Gasteiger partial charge on any atom is -0.310 e. The Balaban J connectivity index is 2.41. The van der Waals surface area contributed by atoms with Crippen molar-refractivity contribution >= 4 is 0 Å². The Bertz CT molecular complexity index is 359. The van der Waals surface area contributed by atoms with Crippen LogP contribution in [0.1, 0.15) is 29.2 Å². The SMILES string of the molecule is Cc1ccc(C#N)c(C2CCN2)c1. The second kappa shape index (κ2) is 3.20. The van der Waals surface area contributed by atoms with Crippen LogP contribution in [0, 0.1) is 18.3 Å². The lowest BCUT2D eigenvalue weighted by Gasteiger charge is -2.28. The summed E-state index contributed by atoms with van der Waals surface area (Å²) in [4.78, 5) is 0. The highest BCUT2D eigenvalue weighted by molar-refractivity contribution is 5.42. The molecule has 1 saturated heterocycles. The molecule has 13 heavy (non-hydrogen) atoms. The summed E-state index contributed by atoms with van der Waals surface area (Å²) >= 11 is 0. The highest BCUT2D eigenvalue weighted by Gasteiger charge is 2.21. The van der Waals surface area contributed by atoms with E-state index < -0.39 is 0 Å². The summed E-state index contributed by atoms with van der Waals surface area (Å²) in [5, 5.41) is 12.2. The summed E-state index contributed by atoms with van der Waals surface area (Å²) in [6.07, 6.45) is 1.15. The zero-order valence-corrected chi connectivity index (χ0v) is 7.67. The molecule has 0 amide bonds. The maximum absolute atomic E-state index is 8.90. The molecule has 2 nitrogen and oxygen atoms in total. The normalized spacial score (nSPS) is 20.5. The smallest absolute Gasteiger partial charge is 0.0995 e. The molecule has 1 aromatic carbocycles. The quantitative estimate of drug-likeness (QED) is 0.702. The molecule has 66 valence electrons. The minimum atomic E-state index is 0.412. The zero-order valence-electron chi connectivity index (χ0n) is 7.67. The van der Waals surface area contributed by atoms with Crippen molar-refractivity contribution in [3.05, 3.63) is 34.9 Å². The van der Waals surface area contributed by atoms with Gasteiger partial charge in [-0.25, -0.2) is 0 Å². The Morgan fingerprint density at radius 2 is 2.31 bits per heavy atom. The lowest BCUT2D eigenvalue weighted by molar-refractivity contribution is 0.382. The highest BCUT2D eigenvalue weighted by Crippen LogP contribution is 2.26. The standard InChI is InChI=1S/C11H12N2/c1-8-2-3-9(7-12)10(6-8)11-4-5-13-11/h2-3,6,11,13H,4-5H2,1H3. The van der Waals surface area contributed by atoms with E-state index in [0.717, 1.165) is 24.1 Å². The third-order valence-electron chi connectivity index (χ3n) is 2.53. The van der Waals surface area contributed by atoms with E-state index >= 15 is 0 Å². The largest absolute Gasteiger partial charge is 0.310 e. The van der Waals surface area contributed by atoms with Crippen LogP contribution >= 0.6 is 0 Å². The van der Waals surface area contributed by atoms with Gasteiger partial charge >= 0.3 is 0 Å². The lowest BCUT2D eigenvalue weighted by Crippen LogP contribution is -2.35. The molecule has 0 aliphatic carbocycles. The first kappa shape index (κ1) is 8.28. The van der Waals surface area contributed by atoms with Gasteiger partial charge in [0, 0.05) is 6.04 Å². The van der Waals surface area contributed by atoms with Crippen LogP contribution in [-0.2, 0) is 0 Å². The van der Waals surface area contributed by atoms with Crippen LogP contribution < -0.4 is 5.32 Å². The molecule has 0 radical (unpaired) electrons. The van der Waals surface area contributed by atoms with Crippen LogP contribution in [0.4, 0.5) is 0 Å². The van der Waals surface area contributed by atoms with Crippen molar-refractivity contribution in [3.63, 3.8) is 0 Å². The van der Waals surface area contributed by atoms with Crippen LogP contribution in [0.15, 0.2) is 18.2 Å². The van der Waals surface area contributed by atoms with Gasteiger partial charge in [0.15, 0.2) is 0 Å². The number of rotatable bonds is 1. The van der Waals surface area contributed by atoms with Gasteiger partial charge < -0.3 is 5.32 Å². The Morgan fingerprint density at radius 3 is 2.85 bits per heavy atom. The van der Waals surface area contributed by atoms with E-state index in [1.54, 1.807) is 0 Å². The third-order valence-corrected chi connectivity index (χ3v) is 2.53. The topological polar surface area (TPSA) is 35.8 Å². The summed E-state index contributed by atoms with van der Waals surface area (Å²) in [5.41, 5.74) is 3.19. The lowest BCUT2D eigenvalue weighted by atomic mass is 9.92. The molecule has 0 spiro atoms. The predicted octanol–water partition coefficient (Wildman–Crippen LogP) is 1.90. The number of aryl methyl sites for hydroxylation is 1. The van der Waals surface area contributed by atoms with E-state index in [-0.39, 0.29) is 0 Å². The van der Waals surface area contributed by atoms with Crippen LogP contribution in [-0.4, -0.2) is 6.54 Å². The Morgan fingerprint density at radius 1 is 1.54 bits per heavy atom. The molecule has 1 heterocycles. The van der Waals surface area contributed by atoms with Gasteiger partial charge in [0.2, 0.25) is 0 Å². The number of nitrogens with zero attached hydrogens (tertiary/aromatic N) is 1. The molecular formula is C11H12N2. The molecular weight excluding hydrogens is 160 g/mol. The van der Waals surface area contributed by atoms with Crippen molar-refractivity contribution in [1.82, 2.24) is 5.32 Å². The molecule has 2 rings (SSSR count). The molecule has 1 aliphatic heterocycles. The summed E-state index contributed by atoms with van der Waals surface area (Å²) < 4.78 is 0. The second-order valence-electron chi connectivity index (χ2n) is 3.50. The van der Waals surface area contributed by atoms with E-state index in [1.807, 2.05) is 12.1 Å². The third kappa shape index (κ3) is 1.43. The monoisotopic (exact) mass is 172 g/mol. The molecule has 2 heteroatoms. The zero-order chi connectivity index (χ0) is 9.26. The van der Waals surface area contributed by atoms with Gasteiger partial charge in [0.1, 0.15) is 0 Å². The van der Waals surface area contributed by atoms with Crippen molar-refractivity contribution < 1.29 is 0 Å². The van der Waals surface area contributed by atoms with E-state index in [2.05, 4.69) is 24.4 Å². The fourth-order valence-electron chi connectivity index (χ4n) is 1.63. The van der Waals surface area contributed by atoms with Gasteiger partial charge in [-0.2, -0.15) is 5.26 Å². The van der Waals surface area contributed by atoms with Crippen LogP contribution in [0.25, 0.3) is 0 Å². The number of benzene rings is 1. The van der Waals surface area contributed by atoms with Crippen molar-refractivity contribution in [1.29, 1.82) is 5.26 Å². The Hall–Kier alpha value is -1.33. The fourth-order valence-corrected chi connectivity index (χ4v) is 1.63. The van der Waals surface area contributed by atoms with E-state index in [1.165, 1.54) is 5.56 Å². The van der Waals surface area contributed by atoms with Crippen molar-refractivity contribution in [2.75, 3.05) is 6.54 Å². The van der Waals surface area contributed by atoms with Gasteiger partial charge in [-0.1, -0.05) is 17.7 Å². The van der Waals surface area contributed by atoms with Crippen molar-refractivity contribution in [2.24, 2.45) is 0 Å². The van der Waals surface area contributed by atoms with E-state index in [9.17, 15) is 0 Å². The first-order valence-electron chi connectivity index (χ1n) is 4.55. The van der Waals surface area contributed by atoms with Crippen molar-refractivity contribution in [2.45, 2.75) is 19.4 Å². The first-order chi connectivity index (χ1) is 6.31. The molecule has 1 aliphatic rings. The minimum absolute atomic E-state index is 0.412.